The second-order valence-corrected chi connectivity index (χ2v) is 14.7. The predicted octanol–water partition coefficient (Wildman–Crippen LogP) is 0.383. The predicted molar refractivity (Wildman–Crippen MR) is 220 cm³/mol. The van der Waals surface area contributed by atoms with E-state index in [1.807, 2.05) is 62.6 Å². The second kappa shape index (κ2) is 25.1. The number of nitro benzene ring substituents is 1. The Labute approximate surface area is 397 Å². The van der Waals surface area contributed by atoms with Crippen LogP contribution < -0.4 is 58.8 Å². The maximum Gasteiger partial charge on any atom is 0.327 e. The van der Waals surface area contributed by atoms with Gasteiger partial charge in [0, 0.05) is 87.4 Å². The normalized spacial score (nSPS) is 11.2. The molecular weight excluding hydrogens is 997 g/mol. The Hall–Kier alpha value is -2.82. The molecule has 0 aliphatic heterocycles. The first-order valence-electron chi connectivity index (χ1n) is 18.4. The summed E-state index contributed by atoms with van der Waals surface area (Å²) in [4.78, 5) is 21.7. The van der Waals surface area contributed by atoms with E-state index in [9.17, 15) is 10.1 Å². The zero-order valence-corrected chi connectivity index (χ0v) is 40.9. The molecule has 0 unspecified atom stereocenters. The van der Waals surface area contributed by atoms with E-state index in [0.717, 1.165) is 73.1 Å². The third-order valence-corrected chi connectivity index (χ3v) is 9.84. The first-order valence-corrected chi connectivity index (χ1v) is 18.4. The Balaban J connectivity index is 0. The fourth-order valence-corrected chi connectivity index (χ4v) is 7.14. The molecule has 5 rings (SSSR count). The van der Waals surface area contributed by atoms with Gasteiger partial charge in [0.1, 0.15) is 23.8 Å². The monoisotopic (exact) mass is 1050 g/mol. The van der Waals surface area contributed by atoms with Crippen molar-refractivity contribution in [3.63, 3.8) is 0 Å². The number of nitrogens with zero attached hydrogens (tertiary/aromatic N) is 5. The van der Waals surface area contributed by atoms with Gasteiger partial charge in [-0.05, 0) is 119 Å². The SMILES string of the molecule is CC=[N+](c1ccccn1)c1c(C(C)C)cc(-c2cc([N+](=O)[O-])cc(-c3cc(C(C)C)c([N+](=CC)c4ccccn4)c(C(C)C)c3)c2C)cc1C(C)C.[Cl-].[Cl-].[Cl-].[Cl-].[Pd].[Pd]. The molecule has 5 aromatic rings. The quantitative estimate of drug-likeness (QED) is 0.0632. The molecule has 0 radical (unpaired) electrons. The van der Waals surface area contributed by atoms with E-state index in [0.29, 0.717) is 0 Å². The Kier molecular flexibility index (Phi) is 24.8. The Morgan fingerprint density at radius 3 is 1.09 bits per heavy atom. The maximum absolute atomic E-state index is 12.6. The number of aromatic nitrogens is 2. The zero-order valence-electron chi connectivity index (χ0n) is 34.7. The van der Waals surface area contributed by atoms with Crippen LogP contribution in [-0.2, 0) is 40.8 Å². The van der Waals surface area contributed by atoms with Crippen molar-refractivity contribution in [2.75, 3.05) is 0 Å². The minimum Gasteiger partial charge on any atom is -1.00 e. The number of hydrogen-bond acceptors (Lipinski definition) is 4. The van der Waals surface area contributed by atoms with Crippen LogP contribution in [0.5, 0.6) is 0 Å². The van der Waals surface area contributed by atoms with Gasteiger partial charge in [0.2, 0.25) is 0 Å². The van der Waals surface area contributed by atoms with Crippen LogP contribution in [0.15, 0.2) is 85.2 Å². The summed E-state index contributed by atoms with van der Waals surface area (Å²) in [5, 5.41) is 12.6. The number of nitro groups is 1. The largest absolute Gasteiger partial charge is 1.00 e. The van der Waals surface area contributed by atoms with E-state index in [4.69, 9.17) is 0 Å². The van der Waals surface area contributed by atoms with Crippen molar-refractivity contribution in [3.8, 4) is 22.3 Å². The van der Waals surface area contributed by atoms with Crippen molar-refractivity contribution in [2.24, 2.45) is 0 Å². The topological polar surface area (TPSA) is 74.9 Å². The molecule has 7 nitrogen and oxygen atoms in total. The molecule has 13 heteroatoms. The van der Waals surface area contributed by atoms with Gasteiger partial charge in [-0.15, -0.1) is 0 Å². The van der Waals surface area contributed by atoms with E-state index < -0.39 is 0 Å². The molecule has 2 aromatic heterocycles. The number of hydrogen-bond donors (Lipinski definition) is 0. The minimum atomic E-state index is -0.266. The van der Waals surface area contributed by atoms with Gasteiger partial charge in [0.05, 0.1) is 17.4 Å². The van der Waals surface area contributed by atoms with Gasteiger partial charge in [-0.3, -0.25) is 10.1 Å². The zero-order chi connectivity index (χ0) is 37.9. The molecule has 0 saturated carbocycles. The Morgan fingerprint density at radius 2 is 0.862 bits per heavy atom. The van der Waals surface area contributed by atoms with E-state index in [1.54, 1.807) is 12.1 Å². The van der Waals surface area contributed by atoms with Gasteiger partial charge >= 0.3 is 11.6 Å². The maximum atomic E-state index is 12.6. The van der Waals surface area contributed by atoms with Crippen molar-refractivity contribution < 1.29 is 95.4 Å². The van der Waals surface area contributed by atoms with Crippen molar-refractivity contribution in [2.45, 2.75) is 99.8 Å². The molecule has 0 amide bonds. The summed E-state index contributed by atoms with van der Waals surface area (Å²) in [5.41, 5.74) is 11.6. The molecule has 0 saturated heterocycles. The average Bonchev–Trinajstić information content (AvgIpc) is 3.12. The van der Waals surface area contributed by atoms with Crippen LogP contribution in [-0.4, -0.2) is 27.3 Å². The van der Waals surface area contributed by atoms with Gasteiger partial charge in [0.25, 0.3) is 5.69 Å². The van der Waals surface area contributed by atoms with Crippen molar-refractivity contribution >= 4 is 41.1 Å². The fraction of sp³-hybridized carbons (Fsp3) is 0.333. The number of halogens is 4. The van der Waals surface area contributed by atoms with Crippen molar-refractivity contribution in [1.29, 1.82) is 0 Å². The molecule has 320 valence electrons. The standard InChI is InChI=1S/C45H53N5O2.4ClH.2Pd/c1-12-48(42-18-14-16-20-46-42)44-36(28(3)4)22-33(23-37(44)29(5)6)40-26-35(50(51)52)27-41(32(40)11)34-24-38(30(7)8)45(39(25-34)31(9)10)49(13-2)43-19-15-17-21-47-43;;;;;;/h12-31H,1-11H3;4*1H;;/q+2;;;;;;/p-4. The van der Waals surface area contributed by atoms with Gasteiger partial charge in [0.15, 0.2) is 0 Å². The van der Waals surface area contributed by atoms with Crippen molar-refractivity contribution in [1.82, 2.24) is 19.1 Å². The van der Waals surface area contributed by atoms with Gasteiger partial charge < -0.3 is 49.6 Å². The second-order valence-electron chi connectivity index (χ2n) is 14.7. The first-order chi connectivity index (χ1) is 24.8. The van der Waals surface area contributed by atoms with Gasteiger partial charge in [-0.2, -0.15) is 0 Å². The van der Waals surface area contributed by atoms with Crippen LogP contribution in [0.3, 0.4) is 0 Å². The summed E-state index contributed by atoms with van der Waals surface area (Å²) in [6.45, 7) is 23.8. The van der Waals surface area contributed by atoms with E-state index >= 15 is 0 Å². The van der Waals surface area contributed by atoms with Gasteiger partial charge in [-0.25, -0.2) is 9.15 Å². The van der Waals surface area contributed by atoms with Crippen LogP contribution in [0, 0.1) is 17.0 Å². The molecule has 0 fully saturated rings. The smallest absolute Gasteiger partial charge is 0.327 e. The molecule has 0 spiro atoms. The molecule has 0 bridgehead atoms. The van der Waals surface area contributed by atoms with E-state index in [1.165, 1.54) is 0 Å². The summed E-state index contributed by atoms with van der Waals surface area (Å²) in [6.07, 6.45) is 7.77. The minimum absolute atomic E-state index is 0. The Bertz CT molecular complexity index is 1980. The number of non-ortho nitro benzene ring substituents is 1. The molecule has 0 aliphatic rings. The average molecular weight is 1050 g/mol. The van der Waals surface area contributed by atoms with Crippen molar-refractivity contribution in [3.05, 3.63) is 123 Å². The molecule has 58 heavy (non-hydrogen) atoms. The number of benzene rings is 3. The number of rotatable bonds is 11. The summed E-state index contributed by atoms with van der Waals surface area (Å²) >= 11 is 0. The third-order valence-electron chi connectivity index (χ3n) is 9.84. The molecule has 0 atom stereocenters. The molecule has 0 N–H and O–H groups in total. The first kappa shape index (κ1) is 57.3. The summed E-state index contributed by atoms with van der Waals surface area (Å²) < 4.78 is 4.34. The van der Waals surface area contributed by atoms with Gasteiger partial charge in [-0.1, -0.05) is 67.5 Å². The molecule has 0 aliphatic carbocycles. The van der Waals surface area contributed by atoms with Crippen LogP contribution >= 0.6 is 0 Å². The van der Waals surface area contributed by atoms with E-state index in [2.05, 4.69) is 118 Å². The Morgan fingerprint density at radius 1 is 0.552 bits per heavy atom. The molecule has 3 aromatic carbocycles. The van der Waals surface area contributed by atoms with E-state index in [-0.39, 0.29) is 125 Å². The fourth-order valence-electron chi connectivity index (χ4n) is 7.14. The van der Waals surface area contributed by atoms with Crippen LogP contribution in [0.25, 0.3) is 22.3 Å². The van der Waals surface area contributed by atoms with Crippen LogP contribution in [0.1, 0.15) is 121 Å². The molecular formula is C45H53Cl4N5O2Pd2-2. The molecule has 2 heterocycles. The third kappa shape index (κ3) is 12.1. The summed E-state index contributed by atoms with van der Waals surface area (Å²) in [5.74, 6) is 2.44. The van der Waals surface area contributed by atoms with Crippen LogP contribution in [0.2, 0.25) is 0 Å². The summed E-state index contributed by atoms with van der Waals surface area (Å²) in [7, 11) is 0. The van der Waals surface area contributed by atoms with Crippen LogP contribution in [0.4, 0.5) is 28.7 Å². The number of pyridine rings is 2. The summed E-state index contributed by atoms with van der Waals surface area (Å²) in [6, 6.07) is 24.3.